The van der Waals surface area contributed by atoms with Crippen molar-refractivity contribution >= 4 is 11.6 Å². The summed E-state index contributed by atoms with van der Waals surface area (Å²) < 4.78 is 19.7. The van der Waals surface area contributed by atoms with E-state index in [1.54, 1.807) is 12.1 Å². The second-order valence-corrected chi connectivity index (χ2v) is 5.69. The van der Waals surface area contributed by atoms with Crippen LogP contribution in [0.1, 0.15) is 38.2 Å². The SMILES string of the molecule is CCOC1(C(N)Cc2cc(Cl)ccc2F)CCCC1. The zero-order chi connectivity index (χ0) is 13.9. The molecule has 2 nitrogen and oxygen atoms in total. The Morgan fingerprint density at radius 3 is 2.74 bits per heavy atom. The molecule has 2 rings (SSSR count). The van der Waals surface area contributed by atoms with Gasteiger partial charge in [0.2, 0.25) is 0 Å². The maximum absolute atomic E-state index is 13.8. The van der Waals surface area contributed by atoms with Gasteiger partial charge in [-0.3, -0.25) is 0 Å². The lowest BCUT2D eigenvalue weighted by atomic mass is 9.88. The van der Waals surface area contributed by atoms with Crippen LogP contribution in [0, 0.1) is 5.82 Å². The number of benzene rings is 1. The van der Waals surface area contributed by atoms with Crippen LogP contribution in [0.5, 0.6) is 0 Å². The number of halogens is 2. The third-order valence-electron chi connectivity index (χ3n) is 4.01. The molecule has 1 aliphatic carbocycles. The van der Waals surface area contributed by atoms with Gasteiger partial charge in [-0.1, -0.05) is 24.4 Å². The van der Waals surface area contributed by atoms with Crippen molar-refractivity contribution in [3.63, 3.8) is 0 Å². The van der Waals surface area contributed by atoms with E-state index in [4.69, 9.17) is 22.1 Å². The Hall–Kier alpha value is -0.640. The molecule has 1 aliphatic rings. The van der Waals surface area contributed by atoms with Gasteiger partial charge < -0.3 is 10.5 Å². The number of ether oxygens (including phenoxy) is 1. The molecule has 0 amide bonds. The maximum atomic E-state index is 13.8. The van der Waals surface area contributed by atoms with Crippen LogP contribution in [-0.2, 0) is 11.2 Å². The molecular weight excluding hydrogens is 265 g/mol. The van der Waals surface area contributed by atoms with Crippen molar-refractivity contribution in [1.29, 1.82) is 0 Å². The van der Waals surface area contributed by atoms with Crippen molar-refractivity contribution in [2.75, 3.05) is 6.61 Å². The van der Waals surface area contributed by atoms with E-state index in [0.717, 1.165) is 25.7 Å². The number of rotatable bonds is 5. The topological polar surface area (TPSA) is 35.2 Å². The smallest absolute Gasteiger partial charge is 0.126 e. The van der Waals surface area contributed by atoms with Crippen LogP contribution < -0.4 is 5.73 Å². The van der Waals surface area contributed by atoms with Crippen molar-refractivity contribution in [2.45, 2.75) is 50.7 Å². The van der Waals surface area contributed by atoms with Crippen LogP contribution in [0.3, 0.4) is 0 Å². The molecule has 1 unspecified atom stereocenters. The predicted octanol–water partition coefficient (Wildman–Crippen LogP) is 3.70. The molecular formula is C15H21ClFNO. The molecule has 0 bridgehead atoms. The highest BCUT2D eigenvalue weighted by atomic mass is 35.5. The van der Waals surface area contributed by atoms with Crippen molar-refractivity contribution in [1.82, 2.24) is 0 Å². The maximum Gasteiger partial charge on any atom is 0.126 e. The largest absolute Gasteiger partial charge is 0.374 e. The fourth-order valence-electron chi connectivity index (χ4n) is 3.01. The summed E-state index contributed by atoms with van der Waals surface area (Å²) in [7, 11) is 0. The van der Waals surface area contributed by atoms with E-state index in [-0.39, 0.29) is 17.5 Å². The van der Waals surface area contributed by atoms with Crippen LogP contribution in [0.4, 0.5) is 4.39 Å². The number of nitrogens with two attached hydrogens (primary N) is 1. The van der Waals surface area contributed by atoms with Crippen molar-refractivity contribution in [2.24, 2.45) is 5.73 Å². The highest BCUT2D eigenvalue weighted by molar-refractivity contribution is 6.30. The minimum Gasteiger partial charge on any atom is -0.374 e. The van der Waals surface area contributed by atoms with Gasteiger partial charge in [-0.15, -0.1) is 0 Å². The molecule has 1 saturated carbocycles. The third kappa shape index (κ3) is 3.28. The molecule has 2 N–H and O–H groups in total. The average molecular weight is 286 g/mol. The molecule has 0 saturated heterocycles. The van der Waals surface area contributed by atoms with E-state index in [9.17, 15) is 4.39 Å². The summed E-state index contributed by atoms with van der Waals surface area (Å²) in [5.74, 6) is -0.246. The molecule has 0 aliphatic heterocycles. The first-order valence-corrected chi connectivity index (χ1v) is 7.28. The lowest BCUT2D eigenvalue weighted by Crippen LogP contribution is -2.49. The van der Waals surface area contributed by atoms with Gasteiger partial charge >= 0.3 is 0 Å². The summed E-state index contributed by atoms with van der Waals surface area (Å²) in [6.07, 6.45) is 4.65. The summed E-state index contributed by atoms with van der Waals surface area (Å²) in [5.41, 5.74) is 6.60. The first kappa shape index (κ1) is 14.8. The van der Waals surface area contributed by atoms with Gasteiger partial charge in [0.25, 0.3) is 0 Å². The minimum absolute atomic E-state index is 0.192. The van der Waals surface area contributed by atoms with Gasteiger partial charge in [-0.05, 0) is 49.9 Å². The zero-order valence-corrected chi connectivity index (χ0v) is 12.0. The Balaban J connectivity index is 2.14. The number of hydrogen-bond acceptors (Lipinski definition) is 2. The summed E-state index contributed by atoms with van der Waals surface area (Å²) in [4.78, 5) is 0. The lowest BCUT2D eigenvalue weighted by molar-refractivity contribution is -0.0526. The molecule has 106 valence electrons. The summed E-state index contributed by atoms with van der Waals surface area (Å²) in [6, 6.07) is 4.42. The molecule has 0 heterocycles. The average Bonchev–Trinajstić information content (AvgIpc) is 2.84. The van der Waals surface area contributed by atoms with E-state index in [1.807, 2.05) is 6.92 Å². The minimum atomic E-state index is -0.288. The van der Waals surface area contributed by atoms with Crippen LogP contribution in [-0.4, -0.2) is 18.2 Å². The van der Waals surface area contributed by atoms with Gasteiger partial charge in [0.05, 0.1) is 5.60 Å². The third-order valence-corrected chi connectivity index (χ3v) is 4.24. The quantitative estimate of drug-likeness (QED) is 0.895. The van der Waals surface area contributed by atoms with Gasteiger partial charge in [-0.25, -0.2) is 4.39 Å². The molecule has 0 spiro atoms. The molecule has 1 aromatic carbocycles. The molecule has 1 aromatic rings. The van der Waals surface area contributed by atoms with Gasteiger partial charge in [0, 0.05) is 17.7 Å². The Kier molecular flexibility index (Phi) is 4.82. The molecule has 4 heteroatoms. The van der Waals surface area contributed by atoms with E-state index < -0.39 is 0 Å². The Morgan fingerprint density at radius 1 is 1.42 bits per heavy atom. The normalized spacial score (nSPS) is 19.6. The predicted molar refractivity (Wildman–Crippen MR) is 75.9 cm³/mol. The van der Waals surface area contributed by atoms with Crippen molar-refractivity contribution in [3.8, 4) is 0 Å². The monoisotopic (exact) mass is 285 g/mol. The fourth-order valence-corrected chi connectivity index (χ4v) is 3.20. The second-order valence-electron chi connectivity index (χ2n) is 5.25. The van der Waals surface area contributed by atoms with Crippen LogP contribution in [0.2, 0.25) is 5.02 Å². The first-order chi connectivity index (χ1) is 9.07. The van der Waals surface area contributed by atoms with Gasteiger partial charge in [0.15, 0.2) is 0 Å². The molecule has 19 heavy (non-hydrogen) atoms. The fraction of sp³-hybridized carbons (Fsp3) is 0.600. The summed E-state index contributed by atoms with van der Waals surface area (Å²) in [6.45, 7) is 2.62. The summed E-state index contributed by atoms with van der Waals surface area (Å²) >= 11 is 5.92. The van der Waals surface area contributed by atoms with E-state index >= 15 is 0 Å². The van der Waals surface area contributed by atoms with Crippen molar-refractivity contribution < 1.29 is 9.13 Å². The molecule has 0 radical (unpaired) electrons. The van der Waals surface area contributed by atoms with Crippen molar-refractivity contribution in [3.05, 3.63) is 34.6 Å². The van der Waals surface area contributed by atoms with E-state index in [1.165, 1.54) is 6.07 Å². The molecule has 0 aromatic heterocycles. The van der Waals surface area contributed by atoms with Crippen LogP contribution >= 0.6 is 11.6 Å². The number of hydrogen-bond donors (Lipinski definition) is 1. The lowest BCUT2D eigenvalue weighted by Gasteiger charge is -2.35. The highest BCUT2D eigenvalue weighted by Gasteiger charge is 2.40. The highest BCUT2D eigenvalue weighted by Crippen LogP contribution is 2.36. The first-order valence-electron chi connectivity index (χ1n) is 6.91. The molecule has 1 atom stereocenters. The van der Waals surface area contributed by atoms with E-state index in [2.05, 4.69) is 0 Å². The second kappa shape index (κ2) is 6.21. The van der Waals surface area contributed by atoms with Crippen LogP contribution in [0.15, 0.2) is 18.2 Å². The standard InChI is InChI=1S/C15H21ClFNO/c1-2-19-15(7-3-4-8-15)14(18)10-11-9-12(16)5-6-13(11)17/h5-6,9,14H,2-4,7-8,10,18H2,1H3. The van der Waals surface area contributed by atoms with Gasteiger partial charge in [-0.2, -0.15) is 0 Å². The van der Waals surface area contributed by atoms with Gasteiger partial charge in [0.1, 0.15) is 5.82 Å². The van der Waals surface area contributed by atoms with Crippen LogP contribution in [0.25, 0.3) is 0 Å². The Labute approximate surface area is 119 Å². The molecule has 1 fully saturated rings. The Morgan fingerprint density at radius 2 is 2.11 bits per heavy atom. The van der Waals surface area contributed by atoms with E-state index in [0.29, 0.717) is 23.6 Å². The Bertz CT molecular complexity index is 432. The zero-order valence-electron chi connectivity index (χ0n) is 11.3. The summed E-state index contributed by atoms with van der Waals surface area (Å²) in [5, 5.41) is 0.542.